The third kappa shape index (κ3) is 2.51. The van der Waals surface area contributed by atoms with Crippen LogP contribution in [0.2, 0.25) is 13.1 Å². The molecule has 0 saturated carbocycles. The normalized spacial score (nSPS) is 26.4. The Balaban J connectivity index is 2.96. The largest absolute Gasteiger partial charge is 0.413 e. The maximum absolute atomic E-state index is 10.7. The monoisotopic (exact) mass is 198 g/mol. The van der Waals surface area contributed by atoms with Gasteiger partial charge in [0.1, 0.15) is 6.29 Å². The van der Waals surface area contributed by atoms with Gasteiger partial charge in [-0.1, -0.05) is 0 Å². The van der Waals surface area contributed by atoms with E-state index in [0.717, 1.165) is 37.7 Å². The molecule has 0 aromatic heterocycles. The number of hydrogen-bond donors (Lipinski definition) is 0. The first-order valence-corrected chi connectivity index (χ1v) is 7.78. The summed E-state index contributed by atoms with van der Waals surface area (Å²) in [5.74, 6) is 0. The molecule has 0 bridgehead atoms. The lowest BCUT2D eigenvalue weighted by atomic mass is 10.2. The van der Waals surface area contributed by atoms with Crippen molar-refractivity contribution < 1.29 is 9.22 Å². The smallest absolute Gasteiger partial charge is 0.214 e. The molecular weight excluding hydrogens is 180 g/mol. The second-order valence-electron chi connectivity index (χ2n) is 4.10. The SMILES string of the molecule is C/C(C=O)=C1\CCCCO[Si]1(C)C. The van der Waals surface area contributed by atoms with Gasteiger partial charge in [-0.3, -0.25) is 4.79 Å². The summed E-state index contributed by atoms with van der Waals surface area (Å²) in [5.41, 5.74) is 0.901. The minimum Gasteiger partial charge on any atom is -0.413 e. The molecule has 2 nitrogen and oxygen atoms in total. The molecule has 1 saturated heterocycles. The van der Waals surface area contributed by atoms with Gasteiger partial charge in [0.25, 0.3) is 0 Å². The number of hydrogen-bond acceptors (Lipinski definition) is 2. The topological polar surface area (TPSA) is 26.3 Å². The van der Waals surface area contributed by atoms with Crippen LogP contribution in [0.4, 0.5) is 0 Å². The number of aldehydes is 1. The highest BCUT2D eigenvalue weighted by Gasteiger charge is 2.30. The molecule has 0 unspecified atom stereocenters. The number of carbonyl (C=O) groups is 1. The highest BCUT2D eigenvalue weighted by molar-refractivity contribution is 6.78. The fourth-order valence-corrected chi connectivity index (χ4v) is 4.48. The van der Waals surface area contributed by atoms with E-state index in [2.05, 4.69) is 13.1 Å². The Morgan fingerprint density at radius 1 is 1.46 bits per heavy atom. The van der Waals surface area contributed by atoms with Crippen molar-refractivity contribution in [1.29, 1.82) is 0 Å². The first-order valence-electron chi connectivity index (χ1n) is 4.87. The molecule has 0 aromatic rings. The third-order valence-corrected chi connectivity index (χ3v) is 5.69. The Hall–Kier alpha value is -0.413. The van der Waals surface area contributed by atoms with E-state index in [4.69, 9.17) is 4.43 Å². The van der Waals surface area contributed by atoms with Crippen LogP contribution in [0.15, 0.2) is 10.8 Å². The molecule has 0 N–H and O–H groups in total. The van der Waals surface area contributed by atoms with Crippen molar-refractivity contribution in [2.75, 3.05) is 6.61 Å². The average molecular weight is 198 g/mol. The molecule has 0 aliphatic carbocycles. The van der Waals surface area contributed by atoms with E-state index in [0.29, 0.717) is 0 Å². The lowest BCUT2D eigenvalue weighted by Crippen LogP contribution is -2.33. The number of carbonyl (C=O) groups excluding carboxylic acids is 1. The Labute approximate surface area is 81.1 Å². The molecule has 0 amide bonds. The van der Waals surface area contributed by atoms with E-state index < -0.39 is 8.32 Å². The summed E-state index contributed by atoms with van der Waals surface area (Å²) in [6, 6.07) is 0. The zero-order valence-corrected chi connectivity index (χ0v) is 9.72. The Bertz CT molecular complexity index is 231. The molecule has 0 atom stereocenters. The zero-order chi connectivity index (χ0) is 9.90. The molecule has 3 heteroatoms. The van der Waals surface area contributed by atoms with Crippen molar-refractivity contribution in [2.24, 2.45) is 0 Å². The number of allylic oxidation sites excluding steroid dienone is 2. The van der Waals surface area contributed by atoms with Crippen LogP contribution in [0, 0.1) is 0 Å². The molecule has 0 aromatic carbocycles. The van der Waals surface area contributed by atoms with Crippen LogP contribution in [0.5, 0.6) is 0 Å². The molecule has 0 spiro atoms. The average Bonchev–Trinajstić information content (AvgIpc) is 2.25. The second kappa shape index (κ2) is 4.20. The van der Waals surface area contributed by atoms with Crippen LogP contribution in [0.1, 0.15) is 26.2 Å². The summed E-state index contributed by atoms with van der Waals surface area (Å²) < 4.78 is 5.85. The van der Waals surface area contributed by atoms with Gasteiger partial charge in [-0.25, -0.2) is 0 Å². The number of rotatable bonds is 1. The molecule has 74 valence electrons. The fourth-order valence-electron chi connectivity index (χ4n) is 1.86. The third-order valence-electron chi connectivity index (χ3n) is 2.66. The molecule has 1 rings (SSSR count). The van der Waals surface area contributed by atoms with Crippen LogP contribution in [-0.4, -0.2) is 21.2 Å². The van der Waals surface area contributed by atoms with Crippen LogP contribution >= 0.6 is 0 Å². The summed E-state index contributed by atoms with van der Waals surface area (Å²) in [7, 11) is -1.71. The van der Waals surface area contributed by atoms with Gasteiger partial charge >= 0.3 is 0 Å². The van der Waals surface area contributed by atoms with Crippen molar-refractivity contribution in [1.82, 2.24) is 0 Å². The molecule has 0 radical (unpaired) electrons. The van der Waals surface area contributed by atoms with Crippen molar-refractivity contribution in [3.8, 4) is 0 Å². The van der Waals surface area contributed by atoms with Gasteiger partial charge in [0.2, 0.25) is 8.32 Å². The predicted molar refractivity (Wildman–Crippen MR) is 56.0 cm³/mol. The van der Waals surface area contributed by atoms with Gasteiger partial charge in [-0.2, -0.15) is 0 Å². The van der Waals surface area contributed by atoms with E-state index in [1.54, 1.807) is 0 Å². The van der Waals surface area contributed by atoms with E-state index in [-0.39, 0.29) is 0 Å². The summed E-state index contributed by atoms with van der Waals surface area (Å²) in [5, 5.41) is 1.31. The summed E-state index contributed by atoms with van der Waals surface area (Å²) in [4.78, 5) is 10.7. The van der Waals surface area contributed by atoms with E-state index >= 15 is 0 Å². The van der Waals surface area contributed by atoms with Crippen LogP contribution in [0.3, 0.4) is 0 Å². The predicted octanol–water partition coefficient (Wildman–Crippen LogP) is 2.45. The summed E-state index contributed by atoms with van der Waals surface area (Å²) in [6.07, 6.45) is 4.32. The maximum Gasteiger partial charge on any atom is 0.214 e. The maximum atomic E-state index is 10.7. The first kappa shape index (κ1) is 10.7. The zero-order valence-electron chi connectivity index (χ0n) is 8.72. The van der Waals surface area contributed by atoms with E-state index in [1.807, 2.05) is 6.92 Å². The van der Waals surface area contributed by atoms with Crippen LogP contribution < -0.4 is 0 Å². The van der Waals surface area contributed by atoms with Gasteiger partial charge in [0.15, 0.2) is 0 Å². The van der Waals surface area contributed by atoms with Crippen molar-refractivity contribution in [2.45, 2.75) is 39.3 Å². The van der Waals surface area contributed by atoms with Gasteiger partial charge in [-0.05, 0) is 50.0 Å². The van der Waals surface area contributed by atoms with E-state index in [9.17, 15) is 4.79 Å². The highest BCUT2D eigenvalue weighted by Crippen LogP contribution is 2.27. The van der Waals surface area contributed by atoms with Crippen LogP contribution in [0.25, 0.3) is 0 Å². The Morgan fingerprint density at radius 2 is 2.15 bits per heavy atom. The molecule has 1 aliphatic rings. The van der Waals surface area contributed by atoms with Gasteiger partial charge < -0.3 is 4.43 Å². The molecular formula is C10H18O2Si. The van der Waals surface area contributed by atoms with Gasteiger partial charge in [0, 0.05) is 6.61 Å². The standard InChI is InChI=1S/C10H18O2Si/c1-9(8-11)10-6-4-5-7-12-13(10,2)3/h8H,4-7H2,1-3H3/b10-9-. The van der Waals surface area contributed by atoms with Crippen molar-refractivity contribution in [3.63, 3.8) is 0 Å². The lowest BCUT2D eigenvalue weighted by Gasteiger charge is -2.24. The summed E-state index contributed by atoms with van der Waals surface area (Å²) >= 11 is 0. The van der Waals surface area contributed by atoms with Crippen LogP contribution in [-0.2, 0) is 9.22 Å². The molecule has 1 heterocycles. The Morgan fingerprint density at radius 3 is 2.77 bits per heavy atom. The minimum atomic E-state index is -1.71. The fraction of sp³-hybridized carbons (Fsp3) is 0.700. The Kier molecular flexibility index (Phi) is 3.45. The minimum absolute atomic E-state index is 0.870. The summed E-state index contributed by atoms with van der Waals surface area (Å²) in [6.45, 7) is 7.14. The highest BCUT2D eigenvalue weighted by atomic mass is 28.4. The quantitative estimate of drug-likeness (QED) is 0.367. The molecule has 1 fully saturated rings. The molecule has 13 heavy (non-hydrogen) atoms. The second-order valence-corrected chi connectivity index (χ2v) is 8.01. The lowest BCUT2D eigenvalue weighted by molar-refractivity contribution is -0.104. The first-order chi connectivity index (χ1) is 6.08. The molecule has 1 aliphatic heterocycles. The van der Waals surface area contributed by atoms with E-state index in [1.165, 1.54) is 5.20 Å². The van der Waals surface area contributed by atoms with Gasteiger partial charge in [0.05, 0.1) is 0 Å². The van der Waals surface area contributed by atoms with Crippen molar-refractivity contribution in [3.05, 3.63) is 10.8 Å². The van der Waals surface area contributed by atoms with Gasteiger partial charge in [-0.15, -0.1) is 0 Å². The van der Waals surface area contributed by atoms with Crippen molar-refractivity contribution >= 4 is 14.6 Å².